The topological polar surface area (TPSA) is 121 Å². The van der Waals surface area contributed by atoms with Gasteiger partial charge in [0.1, 0.15) is 12.5 Å². The summed E-state index contributed by atoms with van der Waals surface area (Å²) in [6, 6.07) is 22.4. The fraction of sp³-hybridized carbons (Fsp3) is 0.290. The van der Waals surface area contributed by atoms with Crippen LogP contribution in [0.4, 0.5) is 5.69 Å². The van der Waals surface area contributed by atoms with Crippen molar-refractivity contribution in [2.45, 2.75) is 52.6 Å². The molecule has 8 nitrogen and oxygen atoms in total. The maximum atomic E-state index is 12.8. The van der Waals surface area contributed by atoms with Crippen LogP contribution in [0.25, 0.3) is 10.9 Å². The molecule has 0 aliphatic heterocycles. The zero-order chi connectivity index (χ0) is 27.9. The number of hydrogen-bond acceptors (Lipinski definition) is 6. The van der Waals surface area contributed by atoms with E-state index in [0.717, 1.165) is 24.0 Å². The number of aromatic hydroxyl groups is 1. The van der Waals surface area contributed by atoms with E-state index in [-0.39, 0.29) is 11.8 Å². The van der Waals surface area contributed by atoms with Gasteiger partial charge in [-0.25, -0.2) is 9.89 Å². The number of aromatic nitrogens is 1. The number of aliphatic imine (C=N–C) groups is 1. The van der Waals surface area contributed by atoms with Crippen molar-refractivity contribution in [3.8, 4) is 5.88 Å². The minimum absolute atomic E-state index is 0.0303. The van der Waals surface area contributed by atoms with Gasteiger partial charge >= 0.3 is 0 Å². The largest absolute Gasteiger partial charge is 0.494 e. The average molecular weight is 529 g/mol. The van der Waals surface area contributed by atoms with Gasteiger partial charge in [-0.05, 0) is 56.2 Å². The number of rotatable bonds is 11. The molecule has 0 aliphatic carbocycles. The van der Waals surface area contributed by atoms with Gasteiger partial charge in [-0.3, -0.25) is 4.79 Å². The third-order valence-corrected chi connectivity index (χ3v) is 6.64. The summed E-state index contributed by atoms with van der Waals surface area (Å²) in [4.78, 5) is 22.3. The van der Waals surface area contributed by atoms with Gasteiger partial charge < -0.3 is 25.6 Å². The lowest BCUT2D eigenvalue weighted by Crippen LogP contribution is -2.39. The van der Waals surface area contributed by atoms with E-state index in [9.17, 15) is 20.1 Å². The Hall–Kier alpha value is -3.98. The minimum Gasteiger partial charge on any atom is -0.494 e. The molecule has 0 saturated heterocycles. The fourth-order valence-corrected chi connectivity index (χ4v) is 4.49. The van der Waals surface area contributed by atoms with E-state index < -0.39 is 12.5 Å². The van der Waals surface area contributed by atoms with Crippen molar-refractivity contribution in [2.24, 2.45) is 4.99 Å². The molecule has 0 bridgehead atoms. The van der Waals surface area contributed by atoms with Gasteiger partial charge in [-0.2, -0.15) is 0 Å². The number of H-pyrrole nitrogens is 1. The summed E-state index contributed by atoms with van der Waals surface area (Å²) in [5.74, 6) is -0.188. The lowest BCUT2D eigenvalue weighted by Gasteiger charge is -2.28. The molecule has 0 radical (unpaired) electrons. The van der Waals surface area contributed by atoms with Crippen LogP contribution in [-0.2, 0) is 6.54 Å². The molecule has 39 heavy (non-hydrogen) atoms. The first kappa shape index (κ1) is 28.0. The zero-order valence-electron chi connectivity index (χ0n) is 22.6. The van der Waals surface area contributed by atoms with E-state index in [0.29, 0.717) is 46.5 Å². The number of amides is 1. The van der Waals surface area contributed by atoms with Crippen LogP contribution in [0, 0.1) is 0 Å². The number of benzene rings is 3. The molecule has 204 valence electrons. The Bertz CT molecular complexity index is 1420. The highest BCUT2D eigenvalue weighted by Crippen LogP contribution is 2.32. The van der Waals surface area contributed by atoms with Crippen LogP contribution in [0.5, 0.6) is 5.88 Å². The number of nitrogens with one attached hydrogen (secondary N) is 2. The number of hydrogen-bond donors (Lipinski definition) is 5. The molecule has 0 spiro atoms. The first-order valence-electron chi connectivity index (χ1n) is 13.3. The molecule has 2 unspecified atom stereocenters. The Morgan fingerprint density at radius 2 is 1.67 bits per heavy atom. The Kier molecular flexibility index (Phi) is 9.14. The summed E-state index contributed by atoms with van der Waals surface area (Å²) in [6.07, 6.45) is 0.308. The second kappa shape index (κ2) is 12.7. The van der Waals surface area contributed by atoms with Crippen molar-refractivity contribution in [2.75, 3.05) is 6.54 Å². The van der Waals surface area contributed by atoms with Gasteiger partial charge in [0.15, 0.2) is 5.88 Å². The summed E-state index contributed by atoms with van der Waals surface area (Å²) in [7, 11) is 0. The van der Waals surface area contributed by atoms with E-state index in [1.807, 2.05) is 54.6 Å². The molecule has 3 aromatic carbocycles. The smallest absolute Gasteiger partial charge is 0.251 e. The van der Waals surface area contributed by atoms with E-state index >= 15 is 0 Å². The summed E-state index contributed by atoms with van der Waals surface area (Å²) in [5, 5.41) is 34.6. The number of carbonyl (C=O) groups is 1. The molecule has 0 aliphatic rings. The highest BCUT2D eigenvalue weighted by Gasteiger charge is 2.20. The van der Waals surface area contributed by atoms with E-state index in [4.69, 9.17) is 4.99 Å². The van der Waals surface area contributed by atoms with Crippen molar-refractivity contribution in [1.82, 2.24) is 15.2 Å². The van der Waals surface area contributed by atoms with Crippen molar-refractivity contribution in [3.05, 3.63) is 95.1 Å². The molecule has 0 saturated carbocycles. The molecule has 1 amide bonds. The lowest BCUT2D eigenvalue weighted by molar-refractivity contribution is -0.0897. The van der Waals surface area contributed by atoms with Gasteiger partial charge in [-0.15, -0.1) is 0 Å². The van der Waals surface area contributed by atoms with Gasteiger partial charge in [0.2, 0.25) is 0 Å². The van der Waals surface area contributed by atoms with Crippen LogP contribution in [0.3, 0.4) is 0 Å². The van der Waals surface area contributed by atoms with Crippen LogP contribution < -0.4 is 5.32 Å². The predicted molar refractivity (Wildman–Crippen MR) is 154 cm³/mol. The van der Waals surface area contributed by atoms with Crippen molar-refractivity contribution >= 4 is 28.2 Å². The Labute approximate surface area is 228 Å². The number of aromatic amines is 1. The van der Waals surface area contributed by atoms with Gasteiger partial charge in [0, 0.05) is 35.1 Å². The normalized spacial score (nSPS) is 13.5. The molecular formula is C31H36N4O4. The maximum Gasteiger partial charge on any atom is 0.251 e. The first-order chi connectivity index (χ1) is 18.8. The number of aliphatic hydroxyl groups is 2. The number of carbonyl (C=O) groups excluding carboxylic acids is 1. The molecule has 8 heteroatoms. The van der Waals surface area contributed by atoms with Gasteiger partial charge in [-0.1, -0.05) is 55.8 Å². The molecular weight excluding hydrogens is 492 g/mol. The van der Waals surface area contributed by atoms with Gasteiger partial charge in [0.25, 0.3) is 5.91 Å². The Morgan fingerprint density at radius 3 is 2.31 bits per heavy atom. The summed E-state index contributed by atoms with van der Waals surface area (Å²) < 4.78 is 0. The minimum atomic E-state index is -0.796. The SMILES string of the molecule is CCCCNC(=O)c1ccc2[nH]c(O)c(C(=Nc3ccc(CN(C(C)O)C(C)O)cc3)c3ccccc3)c2c1. The fourth-order valence-electron chi connectivity index (χ4n) is 4.49. The number of aliphatic hydroxyl groups excluding tert-OH is 2. The lowest BCUT2D eigenvalue weighted by atomic mass is 9.99. The third kappa shape index (κ3) is 6.72. The Balaban J connectivity index is 1.75. The molecule has 4 aromatic rings. The van der Waals surface area contributed by atoms with Crippen molar-refractivity contribution < 1.29 is 20.1 Å². The maximum absolute atomic E-state index is 12.8. The van der Waals surface area contributed by atoms with Crippen molar-refractivity contribution in [3.63, 3.8) is 0 Å². The Morgan fingerprint density at radius 1 is 0.974 bits per heavy atom. The zero-order valence-corrected chi connectivity index (χ0v) is 22.6. The molecule has 0 fully saturated rings. The van der Waals surface area contributed by atoms with Crippen LogP contribution in [0.2, 0.25) is 0 Å². The molecule has 2 atom stereocenters. The van der Waals surface area contributed by atoms with Crippen LogP contribution >= 0.6 is 0 Å². The number of nitrogens with zero attached hydrogens (tertiary/aromatic N) is 2. The summed E-state index contributed by atoms with van der Waals surface area (Å²) >= 11 is 0. The predicted octanol–water partition coefficient (Wildman–Crippen LogP) is 5.05. The standard InChI is InChI=1S/C31H36N4O4/c1-4-5-17-32-30(38)24-13-16-27-26(18-24)28(31(39)34-27)29(23-9-7-6-8-10-23)33-25-14-11-22(12-15-25)19-35(20(2)36)21(3)37/h6-16,18,20-21,34,36-37,39H,4-5,17,19H2,1-3H3,(H,32,38). The number of fused-ring (bicyclic) bond motifs is 1. The number of unbranched alkanes of at least 4 members (excludes halogenated alkanes) is 1. The van der Waals surface area contributed by atoms with Crippen LogP contribution in [0.1, 0.15) is 60.7 Å². The van der Waals surface area contributed by atoms with Gasteiger partial charge in [0.05, 0.1) is 17.0 Å². The van der Waals surface area contributed by atoms with Crippen LogP contribution in [-0.4, -0.2) is 55.8 Å². The van der Waals surface area contributed by atoms with E-state index in [2.05, 4.69) is 17.2 Å². The highest BCUT2D eigenvalue weighted by molar-refractivity contribution is 6.22. The summed E-state index contributed by atoms with van der Waals surface area (Å²) in [6.45, 7) is 6.29. The third-order valence-electron chi connectivity index (χ3n) is 6.64. The van der Waals surface area contributed by atoms with E-state index in [1.54, 1.807) is 36.9 Å². The molecule has 1 aromatic heterocycles. The molecule has 4 rings (SSSR count). The second-order valence-electron chi connectivity index (χ2n) is 9.65. The highest BCUT2D eigenvalue weighted by atomic mass is 16.3. The van der Waals surface area contributed by atoms with E-state index in [1.165, 1.54) is 0 Å². The first-order valence-corrected chi connectivity index (χ1v) is 13.3. The average Bonchev–Trinajstić information content (AvgIpc) is 3.26. The quantitative estimate of drug-likeness (QED) is 0.106. The van der Waals surface area contributed by atoms with Crippen LogP contribution in [0.15, 0.2) is 77.8 Å². The summed E-state index contributed by atoms with van der Waals surface area (Å²) in [5.41, 5.74) is 4.67. The molecule has 5 N–H and O–H groups in total. The second-order valence-corrected chi connectivity index (χ2v) is 9.65. The monoisotopic (exact) mass is 528 g/mol. The van der Waals surface area contributed by atoms with Crippen molar-refractivity contribution in [1.29, 1.82) is 0 Å². The molecule has 1 heterocycles.